The summed E-state index contributed by atoms with van der Waals surface area (Å²) >= 11 is 9.22. The van der Waals surface area contributed by atoms with Crippen molar-refractivity contribution in [3.8, 4) is 0 Å². The number of nitrogens with two attached hydrogens (primary N) is 1. The van der Waals surface area contributed by atoms with Crippen molar-refractivity contribution in [2.45, 2.75) is 13.3 Å². The molecule has 0 atom stereocenters. The maximum Gasteiger partial charge on any atom is 0.276 e. The fraction of sp³-hybridized carbons (Fsp3) is 0.231. The molecule has 1 aromatic heterocycles. The molecule has 1 aromatic carbocycles. The first-order valence-electron chi connectivity index (χ1n) is 6.01. The molecule has 0 fully saturated rings. The molecule has 106 valence electrons. The molecule has 0 spiro atoms. The van der Waals surface area contributed by atoms with Crippen molar-refractivity contribution in [3.05, 3.63) is 39.1 Å². The van der Waals surface area contributed by atoms with Crippen molar-refractivity contribution in [1.82, 2.24) is 9.78 Å². The molecule has 2 rings (SSSR count). The number of nitrogen functional groups attached to an aromatic ring is 1. The van der Waals surface area contributed by atoms with Crippen LogP contribution in [0.15, 0.2) is 22.7 Å². The van der Waals surface area contributed by atoms with Gasteiger partial charge in [-0.25, -0.2) is 0 Å². The summed E-state index contributed by atoms with van der Waals surface area (Å²) in [6.07, 6.45) is 0.680. The van der Waals surface area contributed by atoms with Crippen molar-refractivity contribution in [3.63, 3.8) is 0 Å². The minimum Gasteiger partial charge on any atom is -0.395 e. The summed E-state index contributed by atoms with van der Waals surface area (Å²) in [6.45, 7) is 1.94. The van der Waals surface area contributed by atoms with E-state index in [4.69, 9.17) is 17.3 Å². The number of anilines is 2. The average molecular weight is 358 g/mol. The lowest BCUT2D eigenvalue weighted by molar-refractivity contribution is 0.101. The molecule has 1 amide bonds. The molecule has 0 bridgehead atoms. The van der Waals surface area contributed by atoms with Gasteiger partial charge >= 0.3 is 0 Å². The normalized spacial score (nSPS) is 10.6. The molecular formula is C13H14BrClN4O. The molecular weight excluding hydrogens is 344 g/mol. The Balaban J connectivity index is 2.28. The number of rotatable bonds is 3. The van der Waals surface area contributed by atoms with Crippen LogP contribution in [0, 0.1) is 0 Å². The molecule has 20 heavy (non-hydrogen) atoms. The molecule has 0 aliphatic heterocycles. The first-order valence-corrected chi connectivity index (χ1v) is 7.18. The van der Waals surface area contributed by atoms with Crippen LogP contribution in [0.1, 0.15) is 23.1 Å². The molecule has 0 saturated heterocycles. The highest BCUT2D eigenvalue weighted by molar-refractivity contribution is 9.10. The Labute approximate surface area is 130 Å². The third kappa shape index (κ3) is 2.81. The quantitative estimate of drug-likeness (QED) is 0.885. The summed E-state index contributed by atoms with van der Waals surface area (Å²) in [5.41, 5.74) is 8.07. The Morgan fingerprint density at radius 2 is 2.25 bits per heavy atom. The second kappa shape index (κ2) is 5.85. The van der Waals surface area contributed by atoms with E-state index >= 15 is 0 Å². The lowest BCUT2D eigenvalue weighted by Crippen LogP contribution is -2.17. The molecule has 0 unspecified atom stereocenters. The molecule has 0 radical (unpaired) electrons. The molecule has 5 nitrogen and oxygen atoms in total. The molecule has 1 heterocycles. The van der Waals surface area contributed by atoms with E-state index in [1.54, 1.807) is 25.2 Å². The Hall–Kier alpha value is -1.53. The highest BCUT2D eigenvalue weighted by atomic mass is 79.9. The highest BCUT2D eigenvalue weighted by Crippen LogP contribution is 2.26. The standard InChI is InChI=1S/C13H14BrClN4O/c1-3-10-11(16)12(19(2)18-10)13(20)17-7-4-5-9(15)8(14)6-7/h4-6H,3,16H2,1-2H3,(H,17,20). The number of aromatic nitrogens is 2. The van der Waals surface area contributed by atoms with E-state index in [0.29, 0.717) is 33.0 Å². The average Bonchev–Trinajstić information content (AvgIpc) is 2.68. The zero-order valence-corrected chi connectivity index (χ0v) is 13.4. The first kappa shape index (κ1) is 14.9. The van der Waals surface area contributed by atoms with E-state index in [2.05, 4.69) is 26.3 Å². The van der Waals surface area contributed by atoms with Gasteiger partial charge in [0, 0.05) is 17.2 Å². The van der Waals surface area contributed by atoms with Gasteiger partial charge < -0.3 is 11.1 Å². The third-order valence-electron chi connectivity index (χ3n) is 2.89. The van der Waals surface area contributed by atoms with Crippen LogP contribution in [0.4, 0.5) is 11.4 Å². The van der Waals surface area contributed by atoms with Crippen molar-refractivity contribution in [2.75, 3.05) is 11.1 Å². The Bertz CT molecular complexity index is 669. The topological polar surface area (TPSA) is 72.9 Å². The monoisotopic (exact) mass is 356 g/mol. The van der Waals surface area contributed by atoms with Crippen molar-refractivity contribution in [2.24, 2.45) is 7.05 Å². The number of halogens is 2. The van der Waals surface area contributed by atoms with Gasteiger partial charge in [-0.1, -0.05) is 18.5 Å². The lowest BCUT2D eigenvalue weighted by Gasteiger charge is -2.07. The zero-order chi connectivity index (χ0) is 14.9. The number of carbonyl (C=O) groups excluding carboxylic acids is 1. The summed E-state index contributed by atoms with van der Waals surface area (Å²) in [4.78, 5) is 12.3. The van der Waals surface area contributed by atoms with Gasteiger partial charge in [0.05, 0.1) is 16.4 Å². The molecule has 0 saturated carbocycles. The maximum absolute atomic E-state index is 12.3. The van der Waals surface area contributed by atoms with Crippen LogP contribution in [0.5, 0.6) is 0 Å². The Morgan fingerprint density at radius 1 is 1.55 bits per heavy atom. The smallest absolute Gasteiger partial charge is 0.276 e. The number of nitrogens with one attached hydrogen (secondary N) is 1. The second-order valence-electron chi connectivity index (χ2n) is 4.27. The predicted molar refractivity (Wildman–Crippen MR) is 84.1 cm³/mol. The number of nitrogens with zero attached hydrogens (tertiary/aromatic N) is 2. The fourth-order valence-electron chi connectivity index (χ4n) is 1.89. The van der Waals surface area contributed by atoms with Crippen LogP contribution < -0.4 is 11.1 Å². The van der Waals surface area contributed by atoms with Crippen LogP contribution in [-0.2, 0) is 13.5 Å². The van der Waals surface area contributed by atoms with Crippen molar-refractivity contribution >= 4 is 44.8 Å². The van der Waals surface area contributed by atoms with Crippen LogP contribution in [-0.4, -0.2) is 15.7 Å². The number of benzene rings is 1. The molecule has 0 aliphatic rings. The molecule has 2 aromatic rings. The Morgan fingerprint density at radius 3 is 2.80 bits per heavy atom. The third-order valence-corrected chi connectivity index (χ3v) is 4.10. The molecule has 7 heteroatoms. The minimum atomic E-state index is -0.300. The Kier molecular flexibility index (Phi) is 4.35. The molecule has 0 aliphatic carbocycles. The van der Waals surface area contributed by atoms with Crippen LogP contribution in [0.25, 0.3) is 0 Å². The maximum atomic E-state index is 12.3. The number of hydrogen-bond donors (Lipinski definition) is 2. The summed E-state index contributed by atoms with van der Waals surface area (Å²) in [5.74, 6) is -0.300. The van der Waals surface area contributed by atoms with Gasteiger partial charge in [-0.05, 0) is 40.5 Å². The van der Waals surface area contributed by atoms with Gasteiger partial charge in [-0.15, -0.1) is 0 Å². The van der Waals surface area contributed by atoms with Gasteiger partial charge in [0.25, 0.3) is 5.91 Å². The van der Waals surface area contributed by atoms with E-state index < -0.39 is 0 Å². The number of carbonyl (C=O) groups is 1. The van der Waals surface area contributed by atoms with Gasteiger partial charge in [-0.2, -0.15) is 5.10 Å². The largest absolute Gasteiger partial charge is 0.395 e. The fourth-order valence-corrected chi connectivity index (χ4v) is 2.39. The zero-order valence-electron chi connectivity index (χ0n) is 11.1. The van der Waals surface area contributed by atoms with Gasteiger partial charge in [-0.3, -0.25) is 9.48 Å². The number of amides is 1. The summed E-state index contributed by atoms with van der Waals surface area (Å²) in [5, 5.41) is 7.58. The predicted octanol–water partition coefficient (Wildman–Crippen LogP) is 3.23. The van der Waals surface area contributed by atoms with Crippen LogP contribution in [0.3, 0.4) is 0 Å². The molecule has 3 N–H and O–H groups in total. The summed E-state index contributed by atoms with van der Waals surface area (Å²) in [6, 6.07) is 5.15. The SMILES string of the molecule is CCc1nn(C)c(C(=O)Nc2ccc(Cl)c(Br)c2)c1N. The van der Waals surface area contributed by atoms with Gasteiger partial charge in [0.2, 0.25) is 0 Å². The second-order valence-corrected chi connectivity index (χ2v) is 5.53. The van der Waals surface area contributed by atoms with Crippen molar-refractivity contribution in [1.29, 1.82) is 0 Å². The summed E-state index contributed by atoms with van der Waals surface area (Å²) in [7, 11) is 1.70. The van der Waals surface area contributed by atoms with E-state index in [-0.39, 0.29) is 5.91 Å². The summed E-state index contributed by atoms with van der Waals surface area (Å²) < 4.78 is 2.21. The van der Waals surface area contributed by atoms with Gasteiger partial charge in [0.15, 0.2) is 0 Å². The van der Waals surface area contributed by atoms with Crippen LogP contribution >= 0.6 is 27.5 Å². The first-order chi connectivity index (χ1) is 9.43. The number of aryl methyl sites for hydroxylation is 2. The van der Waals surface area contributed by atoms with E-state index in [9.17, 15) is 4.79 Å². The van der Waals surface area contributed by atoms with Crippen LogP contribution in [0.2, 0.25) is 5.02 Å². The lowest BCUT2D eigenvalue weighted by atomic mass is 10.2. The highest BCUT2D eigenvalue weighted by Gasteiger charge is 2.19. The van der Waals surface area contributed by atoms with E-state index in [1.165, 1.54) is 4.68 Å². The number of hydrogen-bond acceptors (Lipinski definition) is 3. The van der Waals surface area contributed by atoms with E-state index in [1.807, 2.05) is 6.92 Å². The van der Waals surface area contributed by atoms with Gasteiger partial charge in [0.1, 0.15) is 5.69 Å². The minimum absolute atomic E-state index is 0.300. The van der Waals surface area contributed by atoms with E-state index in [0.717, 1.165) is 5.69 Å². The van der Waals surface area contributed by atoms with Crippen molar-refractivity contribution < 1.29 is 4.79 Å².